The normalized spacial score (nSPS) is 16.3. The number of aromatic nitrogens is 4. The van der Waals surface area contributed by atoms with E-state index in [1.807, 2.05) is 60.7 Å². The fourth-order valence-corrected chi connectivity index (χ4v) is 13.6. The molecule has 2 atom stereocenters. The van der Waals surface area contributed by atoms with Crippen molar-refractivity contribution in [3.8, 4) is 12.0 Å². The molecule has 0 bridgehead atoms. The van der Waals surface area contributed by atoms with Crippen molar-refractivity contribution in [3.05, 3.63) is 202 Å². The van der Waals surface area contributed by atoms with E-state index >= 15 is 0 Å². The number of amides is 2. The standard InChI is InChI=1S/C40H50N6O4Si.C34H36N6O4.C7H18Si/c1-40(2,3)51(5,6)50-25-13-24-48-38-42-35-28-44(36-19-12-17-31-16-10-11-18-33(31)36)21-20-34(35)37(43-38)45-22-23-46(32(27-45)26-41-4)39(47)49-29-30-14-8-7-9-15-30;1-35-21-27-22-39(17-18-40(27)34(42)44-24-25-9-3-2-4-10-25)32-29-15-16-38(23-30(29)36-33(37-32)43-20-8-19-41)31-14-7-12-26-11-5-6-13-28(26)31;1-7(2,3)8(4,5)6/h7-12,14-19,32H,13,20-29H2,1-3,5-6H3;2-7,9-14,27,41H,8,15-24H2;1-6H3. The Hall–Kier alpha value is -9.33. The third-order valence-corrected chi connectivity index (χ3v) is 29.9. The Morgan fingerprint density at radius 1 is 0.505 bits per heavy atom. The van der Waals surface area contributed by atoms with Crippen molar-refractivity contribution in [1.82, 2.24) is 29.7 Å². The summed E-state index contributed by atoms with van der Waals surface area (Å²) < 4.78 is 29.9. The van der Waals surface area contributed by atoms with E-state index in [1.165, 1.54) is 27.2 Å². The highest BCUT2D eigenvalue weighted by molar-refractivity contribution is 6.78. The number of piperazine rings is 2. The second-order valence-corrected chi connectivity index (χ2v) is 41.2. The molecule has 0 saturated carbocycles. The minimum atomic E-state index is -1.85. The molecule has 2 amide bonds. The number of carbonyl (C=O) groups is 2. The summed E-state index contributed by atoms with van der Waals surface area (Å²) in [7, 11) is -2.71. The van der Waals surface area contributed by atoms with Gasteiger partial charge in [0, 0.05) is 120 Å². The highest BCUT2D eigenvalue weighted by Crippen LogP contribution is 2.40. The molecule has 4 aliphatic heterocycles. The number of ether oxygens (including phenoxy) is 4. The van der Waals surface area contributed by atoms with Gasteiger partial charge in [0.25, 0.3) is 0 Å². The van der Waals surface area contributed by atoms with Crippen molar-refractivity contribution < 1.29 is 38.1 Å². The van der Waals surface area contributed by atoms with Gasteiger partial charge in [-0.3, -0.25) is 9.80 Å². The van der Waals surface area contributed by atoms with Crippen LogP contribution >= 0.6 is 0 Å². The number of aliphatic hydroxyl groups excluding tert-OH is 1. The van der Waals surface area contributed by atoms with Crippen LogP contribution in [0.4, 0.5) is 32.6 Å². The van der Waals surface area contributed by atoms with Gasteiger partial charge in [0.2, 0.25) is 13.1 Å². The molecule has 6 aromatic carbocycles. The summed E-state index contributed by atoms with van der Waals surface area (Å²) in [5.41, 5.74) is 8.20. The van der Waals surface area contributed by atoms with Crippen molar-refractivity contribution in [2.45, 2.75) is 148 Å². The van der Waals surface area contributed by atoms with Gasteiger partial charge in [-0.25, -0.2) is 22.7 Å². The van der Waals surface area contributed by atoms with Gasteiger partial charge in [-0.1, -0.05) is 195 Å². The number of fused-ring (bicyclic) bond motifs is 4. The Morgan fingerprint density at radius 2 is 0.913 bits per heavy atom. The lowest BCUT2D eigenvalue weighted by molar-refractivity contribution is 0.0781. The summed E-state index contributed by atoms with van der Waals surface area (Å²) in [4.78, 5) is 65.9. The number of anilines is 4. The quantitative estimate of drug-likeness (QED) is 0.0432. The van der Waals surface area contributed by atoms with E-state index in [-0.39, 0.29) is 56.0 Å². The first-order valence-corrected chi connectivity index (χ1v) is 42.7. The lowest BCUT2D eigenvalue weighted by atomic mass is 10.0. The average Bonchev–Trinajstić information content (AvgIpc) is 0.772. The van der Waals surface area contributed by atoms with Gasteiger partial charge >= 0.3 is 24.2 Å². The lowest BCUT2D eigenvalue weighted by Gasteiger charge is -2.40. The zero-order chi connectivity index (χ0) is 73.3. The van der Waals surface area contributed by atoms with Crippen molar-refractivity contribution in [2.24, 2.45) is 0 Å². The van der Waals surface area contributed by atoms with Crippen LogP contribution < -0.4 is 29.1 Å². The van der Waals surface area contributed by atoms with E-state index in [2.05, 4.69) is 188 Å². The summed E-state index contributed by atoms with van der Waals surface area (Å²) in [6.45, 7) is 48.6. The number of aliphatic hydroxyl groups is 1. The molecule has 0 spiro atoms. The van der Waals surface area contributed by atoms with Gasteiger partial charge in [-0.15, -0.1) is 0 Å². The van der Waals surface area contributed by atoms with Crippen molar-refractivity contribution in [3.63, 3.8) is 0 Å². The monoisotopic (exact) mass is 1430 g/mol. The second-order valence-electron chi connectivity index (χ2n) is 30.4. The van der Waals surface area contributed by atoms with E-state index in [0.717, 1.165) is 83.3 Å². The molecule has 2 fully saturated rings. The number of hydrogen-bond acceptors (Lipinski definition) is 16. The molecule has 8 aromatic rings. The first-order chi connectivity index (χ1) is 49.4. The van der Waals surface area contributed by atoms with Gasteiger partial charge in [0.15, 0.2) is 8.32 Å². The van der Waals surface area contributed by atoms with Crippen LogP contribution in [-0.2, 0) is 53.0 Å². The van der Waals surface area contributed by atoms with E-state index in [0.29, 0.717) is 89.6 Å². The zero-order valence-corrected chi connectivity index (χ0v) is 64.2. The first-order valence-electron chi connectivity index (χ1n) is 36.3. The number of carbonyl (C=O) groups excluding carboxylic acids is 2. The Bertz CT molecular complexity index is 4210. The number of nitrogens with zero attached hydrogens (tertiary/aromatic N) is 12. The molecule has 2 unspecified atom stereocenters. The summed E-state index contributed by atoms with van der Waals surface area (Å²) in [6.07, 6.45) is 1.92. The van der Waals surface area contributed by atoms with Gasteiger partial charge in [-0.2, -0.15) is 19.9 Å². The van der Waals surface area contributed by atoms with Crippen LogP contribution in [0.15, 0.2) is 146 Å². The molecule has 103 heavy (non-hydrogen) atoms. The van der Waals surface area contributed by atoms with Crippen LogP contribution in [0, 0.1) is 13.1 Å². The maximum Gasteiger partial charge on any atom is 0.410 e. The second kappa shape index (κ2) is 34.8. The number of rotatable bonds is 20. The van der Waals surface area contributed by atoms with Crippen LogP contribution in [0.5, 0.6) is 12.0 Å². The molecule has 4 aliphatic rings. The molecule has 20 nitrogen and oxygen atoms in total. The summed E-state index contributed by atoms with van der Waals surface area (Å²) in [6, 6.07) is 48.9. The van der Waals surface area contributed by atoms with E-state index in [9.17, 15) is 14.7 Å². The van der Waals surface area contributed by atoms with Gasteiger partial charge in [-0.05, 0) is 70.0 Å². The van der Waals surface area contributed by atoms with Gasteiger partial charge in [0.1, 0.15) is 36.9 Å². The highest BCUT2D eigenvalue weighted by atomic mass is 28.4. The van der Waals surface area contributed by atoms with E-state index < -0.39 is 28.6 Å². The topological polar surface area (TPSA) is 180 Å². The Morgan fingerprint density at radius 3 is 1.32 bits per heavy atom. The fraction of sp³-hybridized carbons (Fsp3) is 0.457. The van der Waals surface area contributed by atoms with Crippen LogP contribution in [-0.4, -0.2) is 167 Å². The molecular formula is C81H104N12O8Si2. The molecule has 22 heteroatoms. The minimum Gasteiger partial charge on any atom is -0.463 e. The van der Waals surface area contributed by atoms with Crippen molar-refractivity contribution in [1.29, 1.82) is 0 Å². The smallest absolute Gasteiger partial charge is 0.410 e. The maximum absolute atomic E-state index is 13.3. The molecule has 544 valence electrons. The Labute approximate surface area is 611 Å². The third kappa shape index (κ3) is 19.7. The van der Waals surface area contributed by atoms with E-state index in [1.54, 1.807) is 9.80 Å². The largest absolute Gasteiger partial charge is 0.463 e. The van der Waals surface area contributed by atoms with Crippen molar-refractivity contribution >= 4 is 73.1 Å². The zero-order valence-electron chi connectivity index (χ0n) is 62.2. The molecule has 12 rings (SSSR count). The SMILES string of the molecule is CC(C)(C)[Si](C)(C)C.[C-]#[N+]CC1CN(c2nc(OCCCO)nc3c2CCN(c2cccc4ccccc24)C3)CCN1C(=O)OCc1ccccc1.[C-]#[N+]CC1CN(c2nc(OCCCO[Si](C)(C)C(C)(C)C)nc3c2CCN(c2cccc4ccccc24)C3)CCN1C(=O)OCc1ccccc1. The molecule has 2 aromatic heterocycles. The van der Waals surface area contributed by atoms with Crippen LogP contribution in [0.3, 0.4) is 0 Å². The predicted molar refractivity (Wildman–Crippen MR) is 417 cm³/mol. The maximum atomic E-state index is 13.3. The Kier molecular flexibility index (Phi) is 25.8. The highest BCUT2D eigenvalue weighted by Gasteiger charge is 2.40. The molecule has 6 heterocycles. The fourth-order valence-electron chi connectivity index (χ4n) is 12.5. The number of benzene rings is 6. The number of hydrogen-bond donors (Lipinski definition) is 1. The molecule has 1 N–H and O–H groups in total. The van der Waals surface area contributed by atoms with Gasteiger partial charge in [0.05, 0.1) is 37.7 Å². The Balaban J connectivity index is 0.000000202. The lowest BCUT2D eigenvalue weighted by Crippen LogP contribution is -2.57. The first kappa shape index (κ1) is 76.3. The third-order valence-electron chi connectivity index (χ3n) is 20.9. The average molecular weight is 1430 g/mol. The minimum absolute atomic E-state index is 0.0211. The van der Waals surface area contributed by atoms with Crippen LogP contribution in [0.2, 0.25) is 42.8 Å². The van der Waals surface area contributed by atoms with E-state index in [4.69, 9.17) is 56.5 Å². The van der Waals surface area contributed by atoms with Crippen LogP contribution in [0.1, 0.15) is 88.0 Å². The predicted octanol–water partition coefficient (Wildman–Crippen LogP) is 15.6. The molecular weight excluding hydrogens is 1330 g/mol. The summed E-state index contributed by atoms with van der Waals surface area (Å²) >= 11 is 0. The van der Waals surface area contributed by atoms with Crippen molar-refractivity contribution in [2.75, 3.05) is 111 Å². The molecule has 0 aliphatic carbocycles. The summed E-state index contributed by atoms with van der Waals surface area (Å²) in [5, 5.41) is 14.8. The van der Waals surface area contributed by atoms with Gasteiger partial charge < -0.3 is 57.8 Å². The van der Waals surface area contributed by atoms with Crippen LogP contribution in [0.25, 0.3) is 31.2 Å². The summed E-state index contributed by atoms with van der Waals surface area (Å²) in [5.74, 6) is 1.62. The molecule has 0 radical (unpaired) electrons. The molecule has 2 saturated heterocycles.